The van der Waals surface area contributed by atoms with E-state index in [1.165, 1.54) is 17.0 Å². The molecule has 0 aromatic heterocycles. The summed E-state index contributed by atoms with van der Waals surface area (Å²) in [5, 5.41) is 8.98. The predicted octanol–water partition coefficient (Wildman–Crippen LogP) is 2.99. The van der Waals surface area contributed by atoms with Gasteiger partial charge in [0, 0.05) is 19.0 Å². The zero-order valence-corrected chi connectivity index (χ0v) is 9.82. The van der Waals surface area contributed by atoms with E-state index in [4.69, 9.17) is 5.11 Å². The molecule has 1 aliphatic rings. The van der Waals surface area contributed by atoms with Crippen LogP contribution < -0.4 is 0 Å². The minimum Gasteiger partial charge on any atom is -0.465 e. The van der Waals surface area contributed by atoms with Crippen molar-refractivity contribution in [1.82, 2.24) is 4.90 Å². The molecular weight excluding hydrogens is 221 g/mol. The van der Waals surface area contributed by atoms with E-state index in [2.05, 4.69) is 0 Å². The third-order valence-electron chi connectivity index (χ3n) is 3.36. The maximum Gasteiger partial charge on any atom is 0.407 e. The van der Waals surface area contributed by atoms with Crippen LogP contribution in [0.15, 0.2) is 18.2 Å². The average Bonchev–Trinajstić information content (AvgIpc) is 2.29. The molecule has 1 aromatic rings. The Morgan fingerprint density at radius 1 is 1.53 bits per heavy atom. The molecule has 1 unspecified atom stereocenters. The number of halogens is 1. The van der Waals surface area contributed by atoms with Gasteiger partial charge in [0.25, 0.3) is 0 Å². The molecule has 1 saturated heterocycles. The Balaban J connectivity index is 2.19. The van der Waals surface area contributed by atoms with Crippen LogP contribution in [0.1, 0.15) is 29.9 Å². The van der Waals surface area contributed by atoms with Gasteiger partial charge < -0.3 is 10.0 Å². The van der Waals surface area contributed by atoms with Crippen molar-refractivity contribution in [2.45, 2.75) is 25.7 Å². The van der Waals surface area contributed by atoms with Gasteiger partial charge in [-0.1, -0.05) is 6.07 Å². The lowest BCUT2D eigenvalue weighted by atomic mass is 9.88. The molecule has 3 nitrogen and oxygen atoms in total. The molecule has 1 heterocycles. The van der Waals surface area contributed by atoms with Crippen LogP contribution in [0, 0.1) is 12.7 Å². The lowest BCUT2D eigenvalue weighted by Gasteiger charge is -2.31. The number of benzene rings is 1. The highest BCUT2D eigenvalue weighted by molar-refractivity contribution is 5.65. The van der Waals surface area contributed by atoms with Gasteiger partial charge in [-0.15, -0.1) is 0 Å². The predicted molar refractivity (Wildman–Crippen MR) is 62.7 cm³/mol. The number of hydrogen-bond acceptors (Lipinski definition) is 1. The normalized spacial score (nSPS) is 20.4. The van der Waals surface area contributed by atoms with Crippen LogP contribution >= 0.6 is 0 Å². The number of nitrogens with zero attached hydrogens (tertiary/aromatic N) is 1. The van der Waals surface area contributed by atoms with Crippen molar-refractivity contribution in [3.05, 3.63) is 35.1 Å². The SMILES string of the molecule is Cc1cc(F)ccc1C1CCCN(C(=O)O)C1. The van der Waals surface area contributed by atoms with Crippen LogP contribution in [0.3, 0.4) is 0 Å². The van der Waals surface area contributed by atoms with Gasteiger partial charge >= 0.3 is 6.09 Å². The van der Waals surface area contributed by atoms with Gasteiger partial charge in [0.15, 0.2) is 0 Å². The van der Waals surface area contributed by atoms with E-state index in [9.17, 15) is 9.18 Å². The van der Waals surface area contributed by atoms with Crippen molar-refractivity contribution in [3.63, 3.8) is 0 Å². The lowest BCUT2D eigenvalue weighted by molar-refractivity contribution is 0.130. The number of hydrogen-bond donors (Lipinski definition) is 1. The Bertz CT molecular complexity index is 433. The molecule has 1 aliphatic heterocycles. The first kappa shape index (κ1) is 11.9. The van der Waals surface area contributed by atoms with E-state index >= 15 is 0 Å². The van der Waals surface area contributed by atoms with Crippen molar-refractivity contribution in [2.75, 3.05) is 13.1 Å². The summed E-state index contributed by atoms with van der Waals surface area (Å²) in [6.45, 7) is 2.99. The number of piperidine rings is 1. The first-order valence-corrected chi connectivity index (χ1v) is 5.82. The summed E-state index contributed by atoms with van der Waals surface area (Å²) < 4.78 is 13.0. The molecule has 0 radical (unpaired) electrons. The molecular formula is C13H16FNO2. The number of aryl methyl sites for hydroxylation is 1. The van der Waals surface area contributed by atoms with Crippen molar-refractivity contribution in [1.29, 1.82) is 0 Å². The Hall–Kier alpha value is -1.58. The van der Waals surface area contributed by atoms with E-state index in [1.54, 1.807) is 6.07 Å². The molecule has 0 saturated carbocycles. The monoisotopic (exact) mass is 237 g/mol. The smallest absolute Gasteiger partial charge is 0.407 e. The topological polar surface area (TPSA) is 40.5 Å². The first-order valence-electron chi connectivity index (χ1n) is 5.82. The summed E-state index contributed by atoms with van der Waals surface area (Å²) in [6, 6.07) is 4.73. The number of rotatable bonds is 1. The summed E-state index contributed by atoms with van der Waals surface area (Å²) in [5.41, 5.74) is 1.97. The highest BCUT2D eigenvalue weighted by Gasteiger charge is 2.25. The number of likely N-dealkylation sites (tertiary alicyclic amines) is 1. The average molecular weight is 237 g/mol. The van der Waals surface area contributed by atoms with Crippen LogP contribution in [0.25, 0.3) is 0 Å². The summed E-state index contributed by atoms with van der Waals surface area (Å²) in [7, 11) is 0. The summed E-state index contributed by atoms with van der Waals surface area (Å²) in [6.07, 6.45) is 0.971. The Labute approximate surface area is 99.9 Å². The van der Waals surface area contributed by atoms with Gasteiger partial charge in [0.1, 0.15) is 5.82 Å². The minimum atomic E-state index is -0.866. The van der Waals surface area contributed by atoms with E-state index in [-0.39, 0.29) is 11.7 Å². The van der Waals surface area contributed by atoms with E-state index in [0.29, 0.717) is 13.1 Å². The summed E-state index contributed by atoms with van der Waals surface area (Å²) in [4.78, 5) is 12.4. The van der Waals surface area contributed by atoms with Crippen LogP contribution in [0.2, 0.25) is 0 Å². The fourth-order valence-electron chi connectivity index (χ4n) is 2.50. The molecule has 1 aromatic carbocycles. The fourth-order valence-corrected chi connectivity index (χ4v) is 2.50. The third kappa shape index (κ3) is 2.57. The lowest BCUT2D eigenvalue weighted by Crippen LogP contribution is -2.38. The third-order valence-corrected chi connectivity index (χ3v) is 3.36. The standard InChI is InChI=1S/C13H16FNO2/c1-9-7-11(14)4-5-12(9)10-3-2-6-15(8-10)13(16)17/h4-5,7,10H,2-3,6,8H2,1H3,(H,16,17). The molecule has 1 N–H and O–H groups in total. The molecule has 2 rings (SSSR count). The molecule has 4 heteroatoms. The maximum atomic E-state index is 13.0. The quantitative estimate of drug-likeness (QED) is 0.815. The maximum absolute atomic E-state index is 13.0. The van der Waals surface area contributed by atoms with E-state index < -0.39 is 6.09 Å². The van der Waals surface area contributed by atoms with Crippen LogP contribution in [-0.2, 0) is 0 Å². The van der Waals surface area contributed by atoms with Crippen molar-refractivity contribution in [2.24, 2.45) is 0 Å². The number of carboxylic acid groups (broad SMARTS) is 1. The number of carbonyl (C=O) groups is 1. The van der Waals surface area contributed by atoms with Gasteiger partial charge in [0.05, 0.1) is 0 Å². The van der Waals surface area contributed by atoms with E-state index in [1.807, 2.05) is 6.92 Å². The number of amides is 1. The molecule has 0 aliphatic carbocycles. The van der Waals surface area contributed by atoms with Crippen LogP contribution in [0.4, 0.5) is 9.18 Å². The van der Waals surface area contributed by atoms with Crippen molar-refractivity contribution >= 4 is 6.09 Å². The second-order valence-corrected chi connectivity index (χ2v) is 4.57. The largest absolute Gasteiger partial charge is 0.465 e. The van der Waals surface area contributed by atoms with E-state index in [0.717, 1.165) is 24.0 Å². The molecule has 92 valence electrons. The molecule has 1 fully saturated rings. The summed E-state index contributed by atoms with van der Waals surface area (Å²) >= 11 is 0. The first-order chi connectivity index (χ1) is 8.08. The zero-order valence-electron chi connectivity index (χ0n) is 9.82. The molecule has 0 bridgehead atoms. The second-order valence-electron chi connectivity index (χ2n) is 4.57. The molecule has 17 heavy (non-hydrogen) atoms. The second kappa shape index (κ2) is 4.73. The molecule has 1 atom stereocenters. The summed E-state index contributed by atoms with van der Waals surface area (Å²) in [5.74, 6) is -0.0439. The van der Waals surface area contributed by atoms with Gasteiger partial charge in [-0.25, -0.2) is 9.18 Å². The highest BCUT2D eigenvalue weighted by atomic mass is 19.1. The van der Waals surface area contributed by atoms with Gasteiger partial charge in [-0.3, -0.25) is 0 Å². The van der Waals surface area contributed by atoms with Gasteiger partial charge in [-0.05, 0) is 43.0 Å². The Morgan fingerprint density at radius 3 is 2.94 bits per heavy atom. The van der Waals surface area contributed by atoms with Crippen molar-refractivity contribution in [3.8, 4) is 0 Å². The van der Waals surface area contributed by atoms with Gasteiger partial charge in [-0.2, -0.15) is 0 Å². The zero-order chi connectivity index (χ0) is 12.4. The Morgan fingerprint density at radius 2 is 2.29 bits per heavy atom. The van der Waals surface area contributed by atoms with Crippen LogP contribution in [-0.4, -0.2) is 29.2 Å². The molecule has 1 amide bonds. The Kier molecular flexibility index (Phi) is 3.31. The fraction of sp³-hybridized carbons (Fsp3) is 0.462. The van der Waals surface area contributed by atoms with Gasteiger partial charge in [0.2, 0.25) is 0 Å². The van der Waals surface area contributed by atoms with Crippen LogP contribution in [0.5, 0.6) is 0 Å². The highest BCUT2D eigenvalue weighted by Crippen LogP contribution is 2.29. The van der Waals surface area contributed by atoms with Crippen molar-refractivity contribution < 1.29 is 14.3 Å². The minimum absolute atomic E-state index is 0.195. The molecule has 0 spiro atoms.